The van der Waals surface area contributed by atoms with E-state index in [4.69, 9.17) is 4.74 Å². The minimum Gasteiger partial charge on any atom is -0.385 e. The topological polar surface area (TPSA) is 50.4 Å². The molecule has 0 aliphatic carbocycles. The van der Waals surface area contributed by atoms with E-state index in [0.717, 1.165) is 12.1 Å². The van der Waals surface area contributed by atoms with Gasteiger partial charge in [-0.1, -0.05) is 0 Å². The summed E-state index contributed by atoms with van der Waals surface area (Å²) in [5, 5.41) is 5.85. The highest BCUT2D eigenvalue weighted by atomic mass is 19.1. The first-order valence-electron chi connectivity index (χ1n) is 6.34. The maximum Gasteiger partial charge on any atom is 0.242 e. The van der Waals surface area contributed by atoms with Crippen molar-refractivity contribution in [1.82, 2.24) is 5.32 Å². The fourth-order valence-electron chi connectivity index (χ4n) is 1.63. The van der Waals surface area contributed by atoms with Crippen LogP contribution in [-0.2, 0) is 9.53 Å². The number of halogens is 1. The second kappa shape index (κ2) is 7.74. The average Bonchev–Trinajstić information content (AvgIpc) is 2.38. The third-order valence-corrected chi connectivity index (χ3v) is 2.76. The lowest BCUT2D eigenvalue weighted by molar-refractivity contribution is -0.121. The van der Waals surface area contributed by atoms with Gasteiger partial charge in [-0.15, -0.1) is 0 Å². The number of benzene rings is 1. The molecule has 0 aliphatic rings. The van der Waals surface area contributed by atoms with Gasteiger partial charge in [-0.05, 0) is 44.0 Å². The van der Waals surface area contributed by atoms with Crippen LogP contribution in [0.15, 0.2) is 18.2 Å². The van der Waals surface area contributed by atoms with Gasteiger partial charge in [0.2, 0.25) is 5.91 Å². The van der Waals surface area contributed by atoms with Crippen molar-refractivity contribution >= 4 is 11.6 Å². The monoisotopic (exact) mass is 268 g/mol. The quantitative estimate of drug-likeness (QED) is 0.744. The predicted molar refractivity (Wildman–Crippen MR) is 73.7 cm³/mol. The Morgan fingerprint density at radius 1 is 1.47 bits per heavy atom. The molecule has 1 unspecified atom stereocenters. The van der Waals surface area contributed by atoms with Crippen LogP contribution in [0, 0.1) is 12.7 Å². The number of hydrogen-bond acceptors (Lipinski definition) is 3. The zero-order chi connectivity index (χ0) is 14.3. The highest BCUT2D eigenvalue weighted by Gasteiger charge is 2.12. The highest BCUT2D eigenvalue weighted by Crippen LogP contribution is 2.14. The number of amides is 1. The summed E-state index contributed by atoms with van der Waals surface area (Å²) in [6.07, 6.45) is 0.782. The molecule has 1 aromatic rings. The van der Waals surface area contributed by atoms with Gasteiger partial charge in [0, 0.05) is 25.9 Å². The van der Waals surface area contributed by atoms with Crippen molar-refractivity contribution in [3.05, 3.63) is 29.6 Å². The van der Waals surface area contributed by atoms with E-state index in [2.05, 4.69) is 10.6 Å². The van der Waals surface area contributed by atoms with Crippen molar-refractivity contribution < 1.29 is 13.9 Å². The van der Waals surface area contributed by atoms with E-state index < -0.39 is 0 Å². The van der Waals surface area contributed by atoms with Crippen LogP contribution >= 0.6 is 0 Å². The van der Waals surface area contributed by atoms with Gasteiger partial charge in [0.25, 0.3) is 0 Å². The van der Waals surface area contributed by atoms with Crippen LogP contribution < -0.4 is 10.6 Å². The zero-order valence-electron chi connectivity index (χ0n) is 11.6. The number of aryl methyl sites for hydroxylation is 1. The molecule has 0 spiro atoms. The highest BCUT2D eigenvalue weighted by molar-refractivity contribution is 5.84. The number of carbonyl (C=O) groups is 1. The van der Waals surface area contributed by atoms with Crippen LogP contribution in [-0.4, -0.2) is 32.2 Å². The number of ether oxygens (including phenoxy) is 1. The molecule has 1 amide bonds. The van der Waals surface area contributed by atoms with E-state index in [9.17, 15) is 9.18 Å². The van der Waals surface area contributed by atoms with Crippen molar-refractivity contribution in [3.63, 3.8) is 0 Å². The number of anilines is 1. The lowest BCUT2D eigenvalue weighted by Gasteiger charge is -2.15. The molecule has 1 atom stereocenters. The van der Waals surface area contributed by atoms with Gasteiger partial charge in [0.1, 0.15) is 11.9 Å². The van der Waals surface area contributed by atoms with E-state index in [1.54, 1.807) is 33.1 Å². The summed E-state index contributed by atoms with van der Waals surface area (Å²) in [6, 6.07) is 4.33. The molecule has 1 rings (SSSR count). The third-order valence-electron chi connectivity index (χ3n) is 2.76. The minimum absolute atomic E-state index is 0.0851. The standard InChI is InChI=1S/C14H21FN2O2/c1-10-9-12(5-6-13(10)15)17-11(2)14(18)16-7-4-8-19-3/h5-6,9,11,17H,4,7-8H2,1-3H3,(H,16,18). The number of methoxy groups -OCH3 is 1. The molecule has 19 heavy (non-hydrogen) atoms. The molecule has 5 heteroatoms. The number of hydrogen-bond donors (Lipinski definition) is 2. The first-order chi connectivity index (χ1) is 9.04. The second-order valence-corrected chi connectivity index (χ2v) is 4.47. The first-order valence-corrected chi connectivity index (χ1v) is 6.34. The van der Waals surface area contributed by atoms with Crippen molar-refractivity contribution in [2.24, 2.45) is 0 Å². The van der Waals surface area contributed by atoms with Gasteiger partial charge < -0.3 is 15.4 Å². The Morgan fingerprint density at radius 3 is 2.84 bits per heavy atom. The van der Waals surface area contributed by atoms with E-state index in [1.165, 1.54) is 6.07 Å². The van der Waals surface area contributed by atoms with Crippen molar-refractivity contribution in [2.45, 2.75) is 26.3 Å². The Labute approximate surface area is 113 Å². The van der Waals surface area contributed by atoms with Crippen molar-refractivity contribution in [1.29, 1.82) is 0 Å². The lowest BCUT2D eigenvalue weighted by atomic mass is 10.2. The molecule has 106 valence electrons. The predicted octanol–water partition coefficient (Wildman–Crippen LogP) is 2.09. The Morgan fingerprint density at radius 2 is 2.21 bits per heavy atom. The molecule has 0 saturated heterocycles. The normalized spacial score (nSPS) is 12.0. The smallest absolute Gasteiger partial charge is 0.242 e. The Hall–Kier alpha value is -1.62. The molecule has 4 nitrogen and oxygen atoms in total. The largest absolute Gasteiger partial charge is 0.385 e. The molecule has 2 N–H and O–H groups in total. The maximum atomic E-state index is 13.1. The minimum atomic E-state index is -0.368. The van der Waals surface area contributed by atoms with Gasteiger partial charge >= 0.3 is 0 Å². The van der Waals surface area contributed by atoms with Crippen molar-refractivity contribution in [3.8, 4) is 0 Å². The van der Waals surface area contributed by atoms with Crippen LogP contribution in [0.3, 0.4) is 0 Å². The Kier molecular flexibility index (Phi) is 6.29. The molecular weight excluding hydrogens is 247 g/mol. The van der Waals surface area contributed by atoms with Gasteiger partial charge in [0.15, 0.2) is 0 Å². The van der Waals surface area contributed by atoms with Crippen LogP contribution in [0.1, 0.15) is 18.9 Å². The SMILES string of the molecule is COCCCNC(=O)C(C)Nc1ccc(F)c(C)c1. The van der Waals surface area contributed by atoms with Crippen molar-refractivity contribution in [2.75, 3.05) is 25.6 Å². The van der Waals surface area contributed by atoms with E-state index in [-0.39, 0.29) is 17.8 Å². The van der Waals surface area contributed by atoms with Gasteiger partial charge in [0.05, 0.1) is 0 Å². The second-order valence-electron chi connectivity index (χ2n) is 4.47. The molecule has 1 aromatic carbocycles. The fourth-order valence-corrected chi connectivity index (χ4v) is 1.63. The number of carbonyl (C=O) groups excluding carboxylic acids is 1. The van der Waals surface area contributed by atoms with E-state index in [0.29, 0.717) is 18.7 Å². The maximum absolute atomic E-state index is 13.1. The van der Waals surface area contributed by atoms with Gasteiger partial charge in [-0.25, -0.2) is 4.39 Å². The molecule has 0 saturated carbocycles. The van der Waals surface area contributed by atoms with Crippen LogP contribution in [0.2, 0.25) is 0 Å². The fraction of sp³-hybridized carbons (Fsp3) is 0.500. The third kappa shape index (κ3) is 5.26. The summed E-state index contributed by atoms with van der Waals surface area (Å²) in [5.41, 5.74) is 1.29. The van der Waals surface area contributed by atoms with Gasteiger partial charge in [-0.2, -0.15) is 0 Å². The average molecular weight is 268 g/mol. The molecule has 0 aromatic heterocycles. The molecule has 0 heterocycles. The van der Waals surface area contributed by atoms with Crippen LogP contribution in [0.25, 0.3) is 0 Å². The number of rotatable bonds is 7. The van der Waals surface area contributed by atoms with Gasteiger partial charge in [-0.3, -0.25) is 4.79 Å². The summed E-state index contributed by atoms with van der Waals surface area (Å²) in [5.74, 6) is -0.333. The summed E-state index contributed by atoms with van der Waals surface area (Å²) >= 11 is 0. The summed E-state index contributed by atoms with van der Waals surface area (Å²) in [4.78, 5) is 11.8. The first kappa shape index (κ1) is 15.4. The summed E-state index contributed by atoms with van der Waals surface area (Å²) in [7, 11) is 1.63. The van der Waals surface area contributed by atoms with Crippen LogP contribution in [0.5, 0.6) is 0 Å². The Balaban J connectivity index is 2.42. The Bertz CT molecular complexity index is 424. The molecule has 0 radical (unpaired) electrons. The molecule has 0 fully saturated rings. The molecule has 0 bridgehead atoms. The molecule has 0 aliphatic heterocycles. The van der Waals surface area contributed by atoms with E-state index in [1.807, 2.05) is 0 Å². The van der Waals surface area contributed by atoms with E-state index >= 15 is 0 Å². The summed E-state index contributed by atoms with van der Waals surface area (Å²) < 4.78 is 18.0. The lowest BCUT2D eigenvalue weighted by Crippen LogP contribution is -2.38. The van der Waals surface area contributed by atoms with Crippen LogP contribution in [0.4, 0.5) is 10.1 Å². The summed E-state index contributed by atoms with van der Waals surface area (Å²) in [6.45, 7) is 4.67. The zero-order valence-corrected chi connectivity index (χ0v) is 11.6. The number of nitrogens with one attached hydrogen (secondary N) is 2. The molecular formula is C14H21FN2O2.